The van der Waals surface area contributed by atoms with Crippen LogP contribution in [0.4, 0.5) is 0 Å². The summed E-state index contributed by atoms with van der Waals surface area (Å²) in [6.07, 6.45) is 1.58. The summed E-state index contributed by atoms with van der Waals surface area (Å²) in [5.74, 6) is 0.456. The van der Waals surface area contributed by atoms with Gasteiger partial charge in [0.05, 0.1) is 16.8 Å². The Morgan fingerprint density at radius 1 is 1.56 bits per heavy atom. The average molecular weight is 330 g/mol. The molecule has 0 aliphatic heterocycles. The lowest BCUT2D eigenvalue weighted by molar-refractivity contribution is 0.0951. The van der Waals surface area contributed by atoms with Crippen LogP contribution in [0.3, 0.4) is 0 Å². The van der Waals surface area contributed by atoms with Gasteiger partial charge in [-0.15, -0.1) is 0 Å². The van der Waals surface area contributed by atoms with E-state index in [-0.39, 0.29) is 5.91 Å². The molecule has 0 bridgehead atoms. The Bertz CT molecular complexity index is 583. The van der Waals surface area contributed by atoms with Crippen molar-refractivity contribution >= 4 is 33.4 Å². The van der Waals surface area contributed by atoms with Crippen LogP contribution < -0.4 is 5.32 Å². The highest BCUT2D eigenvalue weighted by Crippen LogP contribution is 2.21. The van der Waals surface area contributed by atoms with E-state index in [0.717, 1.165) is 10.0 Å². The first kappa shape index (κ1) is 13.1. The van der Waals surface area contributed by atoms with Gasteiger partial charge in [0.15, 0.2) is 0 Å². The lowest BCUT2D eigenvalue weighted by Crippen LogP contribution is -2.23. The van der Waals surface area contributed by atoms with Crippen LogP contribution in [-0.2, 0) is 6.54 Å². The molecule has 18 heavy (non-hydrogen) atoms. The largest absolute Gasteiger partial charge is 0.361 e. The molecule has 0 unspecified atom stereocenters. The number of benzene rings is 1. The number of aryl methyl sites for hydroxylation is 1. The standard InChI is InChI=1S/C12H10BrClN2O2/c1-7-8(6-16-18-7)5-15-12(17)10-4-9(13)2-3-11(10)14/h2-4,6H,5H2,1H3,(H,15,17). The number of aromatic nitrogens is 1. The number of carbonyl (C=O) groups excluding carboxylic acids is 1. The summed E-state index contributed by atoms with van der Waals surface area (Å²) in [7, 11) is 0. The minimum absolute atomic E-state index is 0.234. The topological polar surface area (TPSA) is 55.1 Å². The van der Waals surface area contributed by atoms with Gasteiger partial charge < -0.3 is 9.84 Å². The minimum Gasteiger partial charge on any atom is -0.361 e. The van der Waals surface area contributed by atoms with Gasteiger partial charge in [-0.25, -0.2) is 0 Å². The van der Waals surface area contributed by atoms with Crippen molar-refractivity contribution < 1.29 is 9.32 Å². The number of amides is 1. The van der Waals surface area contributed by atoms with Gasteiger partial charge in [-0.05, 0) is 25.1 Å². The first-order chi connectivity index (χ1) is 8.58. The van der Waals surface area contributed by atoms with Crippen molar-refractivity contribution in [3.05, 3.63) is 50.8 Å². The molecule has 1 heterocycles. The van der Waals surface area contributed by atoms with Crippen molar-refractivity contribution in [1.29, 1.82) is 0 Å². The summed E-state index contributed by atoms with van der Waals surface area (Å²) in [4.78, 5) is 12.0. The molecule has 1 N–H and O–H groups in total. The van der Waals surface area contributed by atoms with E-state index in [1.807, 2.05) is 0 Å². The maximum atomic E-state index is 12.0. The third kappa shape index (κ3) is 2.91. The summed E-state index contributed by atoms with van der Waals surface area (Å²) >= 11 is 9.27. The van der Waals surface area contributed by atoms with E-state index < -0.39 is 0 Å². The number of nitrogens with zero attached hydrogens (tertiary/aromatic N) is 1. The molecule has 0 aliphatic carbocycles. The summed E-state index contributed by atoms with van der Waals surface area (Å²) in [5, 5.41) is 6.82. The molecule has 0 atom stereocenters. The van der Waals surface area contributed by atoms with Crippen LogP contribution in [0.15, 0.2) is 33.4 Å². The highest BCUT2D eigenvalue weighted by atomic mass is 79.9. The maximum absolute atomic E-state index is 12.0. The molecule has 0 spiro atoms. The summed E-state index contributed by atoms with van der Waals surface area (Å²) in [6, 6.07) is 5.13. The van der Waals surface area contributed by atoms with Crippen LogP contribution in [-0.4, -0.2) is 11.1 Å². The normalized spacial score (nSPS) is 10.4. The van der Waals surface area contributed by atoms with E-state index in [9.17, 15) is 4.79 Å². The summed E-state index contributed by atoms with van der Waals surface area (Å²) < 4.78 is 5.71. The highest BCUT2D eigenvalue weighted by Gasteiger charge is 2.11. The SMILES string of the molecule is Cc1oncc1CNC(=O)c1cc(Br)ccc1Cl. The fraction of sp³-hybridized carbons (Fsp3) is 0.167. The number of rotatable bonds is 3. The number of hydrogen-bond donors (Lipinski definition) is 1. The summed E-state index contributed by atoms with van der Waals surface area (Å²) in [5.41, 5.74) is 1.27. The molecule has 94 valence electrons. The molecule has 6 heteroatoms. The Balaban J connectivity index is 2.08. The molecule has 2 aromatic rings. The number of nitrogens with one attached hydrogen (secondary N) is 1. The lowest BCUT2D eigenvalue weighted by atomic mass is 10.2. The third-order valence-electron chi connectivity index (χ3n) is 2.46. The van der Waals surface area contributed by atoms with Crippen LogP contribution in [0.2, 0.25) is 5.02 Å². The van der Waals surface area contributed by atoms with Crippen LogP contribution >= 0.6 is 27.5 Å². The highest BCUT2D eigenvalue weighted by molar-refractivity contribution is 9.10. The predicted octanol–water partition coefficient (Wildman–Crippen LogP) is 3.33. The van der Waals surface area contributed by atoms with Gasteiger partial charge in [-0.3, -0.25) is 4.79 Å². The molecule has 1 amide bonds. The third-order valence-corrected chi connectivity index (χ3v) is 3.29. The van der Waals surface area contributed by atoms with E-state index in [4.69, 9.17) is 16.1 Å². The zero-order valence-electron chi connectivity index (χ0n) is 9.54. The fourth-order valence-electron chi connectivity index (χ4n) is 1.43. The molecule has 0 radical (unpaired) electrons. The molecule has 1 aromatic heterocycles. The quantitative estimate of drug-likeness (QED) is 0.939. The van der Waals surface area contributed by atoms with Crippen molar-refractivity contribution in [1.82, 2.24) is 10.5 Å². The molecule has 4 nitrogen and oxygen atoms in total. The van der Waals surface area contributed by atoms with Crippen molar-refractivity contribution in [3.8, 4) is 0 Å². The molecule has 0 aliphatic rings. The first-order valence-corrected chi connectivity index (χ1v) is 6.38. The molecule has 2 rings (SSSR count). The Labute approximate surface area is 117 Å². The number of halogens is 2. The van der Waals surface area contributed by atoms with Crippen molar-refractivity contribution in [3.63, 3.8) is 0 Å². The molecule has 0 saturated carbocycles. The second-order valence-corrected chi connectivity index (χ2v) is 5.04. The smallest absolute Gasteiger partial charge is 0.253 e. The predicted molar refractivity (Wildman–Crippen MR) is 71.6 cm³/mol. The molecule has 0 saturated heterocycles. The van der Waals surface area contributed by atoms with Crippen molar-refractivity contribution in [2.24, 2.45) is 0 Å². The van der Waals surface area contributed by atoms with Gasteiger partial charge >= 0.3 is 0 Å². The van der Waals surface area contributed by atoms with E-state index in [1.165, 1.54) is 0 Å². The number of carbonyl (C=O) groups is 1. The molecule has 0 fully saturated rings. The average Bonchev–Trinajstić information content (AvgIpc) is 2.75. The van der Waals surface area contributed by atoms with E-state index in [1.54, 1.807) is 31.3 Å². The second-order valence-electron chi connectivity index (χ2n) is 3.71. The lowest BCUT2D eigenvalue weighted by Gasteiger charge is -2.06. The van der Waals surface area contributed by atoms with Crippen molar-refractivity contribution in [2.75, 3.05) is 0 Å². The monoisotopic (exact) mass is 328 g/mol. The van der Waals surface area contributed by atoms with Crippen LogP contribution in [0.5, 0.6) is 0 Å². The van der Waals surface area contributed by atoms with Gasteiger partial charge in [0.25, 0.3) is 5.91 Å². The maximum Gasteiger partial charge on any atom is 0.253 e. The Kier molecular flexibility index (Phi) is 4.04. The first-order valence-electron chi connectivity index (χ1n) is 5.21. The number of hydrogen-bond acceptors (Lipinski definition) is 3. The molecular formula is C12H10BrClN2O2. The van der Waals surface area contributed by atoms with Gasteiger partial charge in [0.1, 0.15) is 5.76 Å². The van der Waals surface area contributed by atoms with Crippen LogP contribution in [0.25, 0.3) is 0 Å². The summed E-state index contributed by atoms with van der Waals surface area (Å²) in [6.45, 7) is 2.15. The van der Waals surface area contributed by atoms with E-state index >= 15 is 0 Å². The van der Waals surface area contributed by atoms with Crippen molar-refractivity contribution in [2.45, 2.75) is 13.5 Å². The van der Waals surface area contributed by atoms with E-state index in [0.29, 0.717) is 22.9 Å². The minimum atomic E-state index is -0.234. The fourth-order valence-corrected chi connectivity index (χ4v) is 2.00. The van der Waals surface area contributed by atoms with Gasteiger partial charge in [-0.2, -0.15) is 0 Å². The molecular weight excluding hydrogens is 320 g/mol. The Morgan fingerprint density at radius 3 is 3.00 bits per heavy atom. The zero-order chi connectivity index (χ0) is 13.1. The van der Waals surface area contributed by atoms with Gasteiger partial charge in [0, 0.05) is 16.6 Å². The van der Waals surface area contributed by atoms with Crippen LogP contribution in [0.1, 0.15) is 21.7 Å². The van der Waals surface area contributed by atoms with Crippen LogP contribution in [0, 0.1) is 6.92 Å². The Hall–Kier alpha value is -1.33. The van der Waals surface area contributed by atoms with Gasteiger partial charge in [-0.1, -0.05) is 32.7 Å². The van der Waals surface area contributed by atoms with E-state index in [2.05, 4.69) is 26.4 Å². The Morgan fingerprint density at radius 2 is 2.33 bits per heavy atom. The zero-order valence-corrected chi connectivity index (χ0v) is 11.9. The second kappa shape index (κ2) is 5.54. The van der Waals surface area contributed by atoms with Gasteiger partial charge in [0.2, 0.25) is 0 Å². The molecule has 1 aromatic carbocycles.